The third kappa shape index (κ3) is 5.53. The molecule has 0 aliphatic carbocycles. The van der Waals surface area contributed by atoms with Crippen LogP contribution in [0.2, 0.25) is 5.02 Å². The van der Waals surface area contributed by atoms with Gasteiger partial charge < -0.3 is 9.15 Å². The summed E-state index contributed by atoms with van der Waals surface area (Å²) in [5, 5.41) is 9.59. The molecule has 6 nitrogen and oxygen atoms in total. The van der Waals surface area contributed by atoms with Gasteiger partial charge in [0, 0.05) is 10.6 Å². The molecule has 0 fully saturated rings. The molecule has 0 unspecified atom stereocenters. The minimum Gasteiger partial charge on any atom is -0.486 e. The molecule has 2 heterocycles. The van der Waals surface area contributed by atoms with E-state index < -0.39 is 5.82 Å². The van der Waals surface area contributed by atoms with Gasteiger partial charge in [0.25, 0.3) is 0 Å². The molecule has 0 atom stereocenters. The second-order valence-electron chi connectivity index (χ2n) is 6.53. The van der Waals surface area contributed by atoms with Crippen LogP contribution in [-0.4, -0.2) is 26.3 Å². The number of hydrogen-bond acceptors (Lipinski definition) is 6. The number of hydrogen-bond donors (Lipinski definition) is 0. The molecule has 0 aliphatic heterocycles. The average Bonchev–Trinajstić information content (AvgIpc) is 3.42. The number of rotatable bonds is 9. The fourth-order valence-electron chi connectivity index (χ4n) is 2.80. The zero-order chi connectivity index (χ0) is 21.6. The monoisotopic (exact) mass is 457 g/mol. The third-order valence-corrected chi connectivity index (χ3v) is 5.57. The van der Waals surface area contributed by atoms with Crippen molar-refractivity contribution in [3.63, 3.8) is 0 Å². The number of halogens is 2. The highest BCUT2D eigenvalue weighted by Crippen LogP contribution is 2.22. The topological polar surface area (TPSA) is 70.2 Å². The smallest absolute Gasteiger partial charge is 0.192 e. The number of thioether (sulfide) groups is 1. The van der Waals surface area contributed by atoms with Gasteiger partial charge in [-0.15, -0.1) is 10.2 Å². The maximum Gasteiger partial charge on any atom is 0.192 e. The van der Waals surface area contributed by atoms with Gasteiger partial charge in [-0.1, -0.05) is 35.5 Å². The van der Waals surface area contributed by atoms with Crippen LogP contribution in [0.5, 0.6) is 5.75 Å². The Morgan fingerprint density at radius 3 is 2.71 bits per heavy atom. The molecule has 0 saturated heterocycles. The summed E-state index contributed by atoms with van der Waals surface area (Å²) >= 11 is 7.13. The summed E-state index contributed by atoms with van der Waals surface area (Å²) in [6.07, 6.45) is 1.59. The number of Topliss-reactive ketones (excluding diaryl/α,β-unsaturated/α-hetero) is 1. The van der Waals surface area contributed by atoms with Gasteiger partial charge >= 0.3 is 0 Å². The summed E-state index contributed by atoms with van der Waals surface area (Å²) in [4.78, 5) is 12.4. The van der Waals surface area contributed by atoms with Gasteiger partial charge in [-0.25, -0.2) is 4.39 Å². The normalized spacial score (nSPS) is 10.9. The third-order valence-electron chi connectivity index (χ3n) is 4.35. The molecule has 4 aromatic rings. The number of nitrogens with zero attached hydrogens (tertiary/aromatic N) is 3. The van der Waals surface area contributed by atoms with Crippen molar-refractivity contribution < 1.29 is 18.3 Å². The largest absolute Gasteiger partial charge is 0.486 e. The summed E-state index contributed by atoms with van der Waals surface area (Å²) in [7, 11) is 0. The molecule has 158 valence electrons. The van der Waals surface area contributed by atoms with Crippen LogP contribution in [0.1, 0.15) is 21.9 Å². The maximum atomic E-state index is 13.4. The van der Waals surface area contributed by atoms with Gasteiger partial charge in [0.1, 0.15) is 23.9 Å². The molecule has 0 N–H and O–H groups in total. The Balaban J connectivity index is 1.49. The van der Waals surface area contributed by atoms with Crippen molar-refractivity contribution in [2.75, 3.05) is 5.75 Å². The van der Waals surface area contributed by atoms with E-state index >= 15 is 0 Å². The number of ketones is 1. The Labute approximate surface area is 187 Å². The van der Waals surface area contributed by atoms with Crippen molar-refractivity contribution in [1.82, 2.24) is 14.8 Å². The molecule has 0 spiro atoms. The zero-order valence-corrected chi connectivity index (χ0v) is 17.8. The van der Waals surface area contributed by atoms with Gasteiger partial charge in [0.15, 0.2) is 16.8 Å². The average molecular weight is 458 g/mol. The van der Waals surface area contributed by atoms with E-state index in [1.165, 1.54) is 30.0 Å². The van der Waals surface area contributed by atoms with Gasteiger partial charge in [0.2, 0.25) is 0 Å². The van der Waals surface area contributed by atoms with E-state index in [1.807, 2.05) is 10.6 Å². The summed E-state index contributed by atoms with van der Waals surface area (Å²) in [5.41, 5.74) is 0.316. The van der Waals surface area contributed by atoms with Crippen molar-refractivity contribution in [1.29, 1.82) is 0 Å². The van der Waals surface area contributed by atoms with Crippen LogP contribution in [0.25, 0.3) is 0 Å². The first-order valence-electron chi connectivity index (χ1n) is 9.33. The number of furan rings is 1. The Hall–Kier alpha value is -3.10. The van der Waals surface area contributed by atoms with Crippen LogP contribution in [0.4, 0.5) is 4.39 Å². The molecule has 0 radical (unpaired) electrons. The SMILES string of the molecule is O=C(CSc1nnc(COc2ccc(Cl)cc2)n1Cc1ccco1)c1cccc(F)c1. The highest BCUT2D eigenvalue weighted by molar-refractivity contribution is 7.99. The van der Waals surface area contributed by atoms with Crippen molar-refractivity contribution >= 4 is 29.1 Å². The molecular weight excluding hydrogens is 441 g/mol. The number of carbonyl (C=O) groups is 1. The first kappa shape index (κ1) is 21.1. The van der Waals surface area contributed by atoms with Crippen molar-refractivity contribution in [2.24, 2.45) is 0 Å². The van der Waals surface area contributed by atoms with Crippen molar-refractivity contribution in [2.45, 2.75) is 18.3 Å². The van der Waals surface area contributed by atoms with E-state index in [-0.39, 0.29) is 18.1 Å². The number of benzene rings is 2. The van der Waals surface area contributed by atoms with E-state index in [4.69, 9.17) is 20.8 Å². The van der Waals surface area contributed by atoms with Gasteiger partial charge in [-0.2, -0.15) is 0 Å². The predicted molar refractivity (Wildman–Crippen MR) is 115 cm³/mol. The van der Waals surface area contributed by atoms with E-state index in [2.05, 4.69) is 10.2 Å². The molecule has 4 rings (SSSR count). The lowest BCUT2D eigenvalue weighted by atomic mass is 10.1. The lowest BCUT2D eigenvalue weighted by Crippen LogP contribution is -2.10. The van der Waals surface area contributed by atoms with Crippen LogP contribution < -0.4 is 4.74 Å². The lowest BCUT2D eigenvalue weighted by Gasteiger charge is -2.10. The van der Waals surface area contributed by atoms with E-state index in [0.29, 0.717) is 39.6 Å². The van der Waals surface area contributed by atoms with Crippen LogP contribution >= 0.6 is 23.4 Å². The predicted octanol–water partition coefficient (Wildman–Crippen LogP) is 5.27. The number of aromatic nitrogens is 3. The second-order valence-corrected chi connectivity index (χ2v) is 7.91. The number of ether oxygens (including phenoxy) is 1. The molecule has 31 heavy (non-hydrogen) atoms. The van der Waals surface area contributed by atoms with Gasteiger partial charge in [0.05, 0.1) is 18.6 Å². The first-order valence-corrected chi connectivity index (χ1v) is 10.7. The number of carbonyl (C=O) groups excluding carboxylic acids is 1. The fourth-order valence-corrected chi connectivity index (χ4v) is 3.78. The van der Waals surface area contributed by atoms with Crippen molar-refractivity contribution in [3.8, 4) is 5.75 Å². The minimum atomic E-state index is -0.446. The summed E-state index contributed by atoms with van der Waals surface area (Å²) < 4.78 is 26.5. The maximum absolute atomic E-state index is 13.4. The first-order chi connectivity index (χ1) is 15.1. The highest BCUT2D eigenvalue weighted by Gasteiger charge is 2.17. The van der Waals surface area contributed by atoms with E-state index in [0.717, 1.165) is 0 Å². The van der Waals surface area contributed by atoms with Crippen molar-refractivity contribution in [3.05, 3.63) is 94.9 Å². The minimum absolute atomic E-state index is 0.0950. The molecule has 2 aromatic carbocycles. The van der Waals surface area contributed by atoms with Crippen LogP contribution in [0.3, 0.4) is 0 Å². The molecule has 0 aliphatic rings. The Bertz CT molecular complexity index is 1160. The molecule has 0 saturated carbocycles. The Morgan fingerprint density at radius 1 is 1.13 bits per heavy atom. The Morgan fingerprint density at radius 2 is 1.97 bits per heavy atom. The summed E-state index contributed by atoms with van der Waals surface area (Å²) in [6.45, 7) is 0.559. The quantitative estimate of drug-likeness (QED) is 0.252. The van der Waals surface area contributed by atoms with Gasteiger partial charge in [-0.3, -0.25) is 9.36 Å². The highest BCUT2D eigenvalue weighted by atomic mass is 35.5. The molecule has 2 aromatic heterocycles. The standard InChI is InChI=1S/C22H17ClFN3O3S/c23-16-6-8-18(9-7-16)30-13-21-25-26-22(27(21)12-19-5-2-10-29-19)31-14-20(28)15-3-1-4-17(24)11-15/h1-11H,12-14H2. The lowest BCUT2D eigenvalue weighted by molar-refractivity contribution is 0.102. The van der Waals surface area contributed by atoms with Gasteiger partial charge in [-0.05, 0) is 48.5 Å². The van der Waals surface area contributed by atoms with Crippen LogP contribution in [0.15, 0.2) is 76.5 Å². The van der Waals surface area contributed by atoms with Crippen LogP contribution in [-0.2, 0) is 13.2 Å². The van der Waals surface area contributed by atoms with E-state index in [1.54, 1.807) is 42.7 Å². The van der Waals surface area contributed by atoms with Crippen LogP contribution in [0, 0.1) is 5.82 Å². The molecule has 0 amide bonds. The molecule has 9 heteroatoms. The Kier molecular flexibility index (Phi) is 6.69. The summed E-state index contributed by atoms with van der Waals surface area (Å²) in [6, 6.07) is 16.3. The van der Waals surface area contributed by atoms with E-state index in [9.17, 15) is 9.18 Å². The molecule has 0 bridgehead atoms. The second kappa shape index (κ2) is 9.80. The summed E-state index contributed by atoms with van der Waals surface area (Å²) in [5.74, 6) is 1.39. The fraction of sp³-hybridized carbons (Fsp3) is 0.136. The molecular formula is C22H17ClFN3O3S. The zero-order valence-electron chi connectivity index (χ0n) is 16.2.